The van der Waals surface area contributed by atoms with Crippen LogP contribution in [-0.2, 0) is 4.74 Å². The lowest BCUT2D eigenvalue weighted by Gasteiger charge is -2.26. The molecule has 0 radical (unpaired) electrons. The number of hydrogen-bond donors (Lipinski definition) is 0. The van der Waals surface area contributed by atoms with E-state index >= 15 is 0 Å². The fourth-order valence-corrected chi connectivity index (χ4v) is 5.70. The molecule has 0 aliphatic carbocycles. The van der Waals surface area contributed by atoms with E-state index in [9.17, 15) is 4.79 Å². The molecule has 0 saturated heterocycles. The van der Waals surface area contributed by atoms with Gasteiger partial charge in [-0.05, 0) is 88.0 Å². The molecule has 0 amide bonds. The first-order valence-electron chi connectivity index (χ1n) is 14.6. The van der Waals surface area contributed by atoms with Crippen LogP contribution in [0.4, 0.5) is 21.9 Å². The maximum Gasteiger partial charge on any atom is 0.418 e. The molecule has 0 spiro atoms. The van der Waals surface area contributed by atoms with Crippen molar-refractivity contribution >= 4 is 34.1 Å². The molecular weight excluding hydrogens is 540 g/mol. The van der Waals surface area contributed by atoms with Crippen LogP contribution < -0.4 is 4.90 Å². The molecule has 0 fully saturated rings. The van der Waals surface area contributed by atoms with Gasteiger partial charge in [-0.1, -0.05) is 103 Å². The van der Waals surface area contributed by atoms with Crippen molar-refractivity contribution in [3.8, 4) is 33.4 Å². The monoisotopic (exact) mass is 570 g/mol. The molecule has 212 valence electrons. The average molecular weight is 571 g/mol. The van der Waals surface area contributed by atoms with Gasteiger partial charge in [-0.2, -0.15) is 0 Å². The second-order valence-electron chi connectivity index (χ2n) is 10.6. The number of nitrogens with zero attached hydrogens (tertiary/aromatic N) is 2. The van der Waals surface area contributed by atoms with Crippen molar-refractivity contribution in [2.24, 2.45) is 0 Å². The van der Waals surface area contributed by atoms with Crippen molar-refractivity contribution in [3.63, 3.8) is 0 Å². The summed E-state index contributed by atoms with van der Waals surface area (Å²) in [5.41, 5.74) is 11.0. The number of anilines is 3. The molecule has 0 aliphatic heterocycles. The Labute approximate surface area is 257 Å². The van der Waals surface area contributed by atoms with Gasteiger partial charge >= 0.3 is 6.09 Å². The number of benzene rings is 6. The molecule has 4 nitrogen and oxygen atoms in total. The summed E-state index contributed by atoms with van der Waals surface area (Å²) in [7, 11) is 1.39. The van der Waals surface area contributed by atoms with E-state index < -0.39 is 6.09 Å². The number of methoxy groups -OCH3 is 1. The lowest BCUT2D eigenvalue weighted by molar-refractivity contribution is 0.174. The Morgan fingerprint density at radius 1 is 0.500 bits per heavy atom. The van der Waals surface area contributed by atoms with E-state index in [1.165, 1.54) is 33.9 Å². The van der Waals surface area contributed by atoms with Crippen molar-refractivity contribution in [2.75, 3.05) is 12.0 Å². The SMILES string of the molecule is COC(=O)n1ccc2cc(-c3ccc(N(c4ccc(-c5ccccc5)cc4)c4ccc(-c5ccccc5)cc4)cc3)ccc21. The average Bonchev–Trinajstić information content (AvgIpc) is 3.53. The van der Waals surface area contributed by atoms with Gasteiger partial charge < -0.3 is 9.64 Å². The third-order valence-electron chi connectivity index (χ3n) is 7.99. The highest BCUT2D eigenvalue weighted by Gasteiger charge is 2.14. The summed E-state index contributed by atoms with van der Waals surface area (Å²) in [6.07, 6.45) is 1.35. The maximum absolute atomic E-state index is 12.1. The number of aromatic nitrogens is 1. The van der Waals surface area contributed by atoms with Crippen LogP contribution in [0.2, 0.25) is 0 Å². The molecule has 44 heavy (non-hydrogen) atoms. The highest BCUT2D eigenvalue weighted by Crippen LogP contribution is 2.38. The molecule has 0 saturated carbocycles. The number of fused-ring (bicyclic) bond motifs is 1. The van der Waals surface area contributed by atoms with Gasteiger partial charge in [0, 0.05) is 28.6 Å². The summed E-state index contributed by atoms with van der Waals surface area (Å²) in [6, 6.07) is 55.0. The zero-order valence-electron chi connectivity index (χ0n) is 24.3. The molecular formula is C40H30N2O2. The molecule has 6 aromatic carbocycles. The Bertz CT molecular complexity index is 1950. The Morgan fingerprint density at radius 3 is 1.36 bits per heavy atom. The van der Waals surface area contributed by atoms with Gasteiger partial charge in [0.15, 0.2) is 0 Å². The largest absolute Gasteiger partial charge is 0.452 e. The van der Waals surface area contributed by atoms with Crippen LogP contribution in [0.15, 0.2) is 164 Å². The van der Waals surface area contributed by atoms with Gasteiger partial charge in [0.2, 0.25) is 0 Å². The zero-order valence-corrected chi connectivity index (χ0v) is 24.3. The lowest BCUT2D eigenvalue weighted by Crippen LogP contribution is -2.09. The second-order valence-corrected chi connectivity index (χ2v) is 10.6. The molecule has 7 rings (SSSR count). The predicted molar refractivity (Wildman–Crippen MR) is 181 cm³/mol. The molecule has 0 aliphatic rings. The van der Waals surface area contributed by atoms with Crippen LogP contribution in [0.1, 0.15) is 0 Å². The Hall–Kier alpha value is -5.87. The van der Waals surface area contributed by atoms with Gasteiger partial charge in [-0.25, -0.2) is 4.79 Å². The van der Waals surface area contributed by atoms with Gasteiger partial charge in [0.25, 0.3) is 0 Å². The van der Waals surface area contributed by atoms with Gasteiger partial charge in [0.05, 0.1) is 12.6 Å². The van der Waals surface area contributed by atoms with E-state index in [2.05, 4.69) is 132 Å². The fourth-order valence-electron chi connectivity index (χ4n) is 5.70. The summed E-state index contributed by atoms with van der Waals surface area (Å²) < 4.78 is 6.42. The first-order valence-corrected chi connectivity index (χ1v) is 14.6. The normalized spacial score (nSPS) is 10.9. The molecule has 4 heteroatoms. The molecule has 1 aromatic heterocycles. The van der Waals surface area contributed by atoms with Crippen LogP contribution in [-0.4, -0.2) is 17.8 Å². The molecule has 0 unspecified atom stereocenters. The minimum atomic E-state index is -0.397. The predicted octanol–water partition coefficient (Wildman–Crippen LogP) is 10.7. The summed E-state index contributed by atoms with van der Waals surface area (Å²) >= 11 is 0. The highest BCUT2D eigenvalue weighted by atomic mass is 16.5. The van der Waals surface area contributed by atoms with Gasteiger partial charge in [-0.15, -0.1) is 0 Å². The van der Waals surface area contributed by atoms with Crippen molar-refractivity contribution in [1.82, 2.24) is 4.57 Å². The quantitative estimate of drug-likeness (QED) is 0.199. The second kappa shape index (κ2) is 11.8. The smallest absolute Gasteiger partial charge is 0.418 e. The Balaban J connectivity index is 1.24. The number of hydrogen-bond acceptors (Lipinski definition) is 3. The molecule has 7 aromatic rings. The first-order chi connectivity index (χ1) is 21.7. The standard InChI is InChI=1S/C40H30N2O2/c1-44-40(43)41-27-26-35-28-34(18-25-39(35)41)33-16-23-38(24-17-33)42(36-19-12-31(13-20-36)29-8-4-2-5-9-29)37-21-14-32(15-22-37)30-10-6-3-7-11-30/h2-28H,1H3. The third kappa shape index (κ3) is 5.25. The summed E-state index contributed by atoms with van der Waals surface area (Å²) in [4.78, 5) is 14.4. The summed E-state index contributed by atoms with van der Waals surface area (Å²) in [5.74, 6) is 0. The Morgan fingerprint density at radius 2 is 0.909 bits per heavy atom. The lowest BCUT2D eigenvalue weighted by atomic mass is 10.0. The van der Waals surface area contributed by atoms with Crippen molar-refractivity contribution < 1.29 is 9.53 Å². The van der Waals surface area contributed by atoms with Crippen molar-refractivity contribution in [3.05, 3.63) is 164 Å². The summed E-state index contributed by atoms with van der Waals surface area (Å²) in [6.45, 7) is 0. The van der Waals surface area contributed by atoms with Crippen LogP contribution in [0.3, 0.4) is 0 Å². The van der Waals surface area contributed by atoms with Gasteiger partial charge in [0.1, 0.15) is 0 Å². The van der Waals surface area contributed by atoms with E-state index in [1.807, 2.05) is 30.3 Å². The highest BCUT2D eigenvalue weighted by molar-refractivity contribution is 5.92. The van der Waals surface area contributed by atoms with E-state index in [1.54, 1.807) is 6.20 Å². The number of rotatable bonds is 6. The first kappa shape index (κ1) is 27.0. The molecule has 1 heterocycles. The molecule has 0 atom stereocenters. The third-order valence-corrected chi connectivity index (χ3v) is 7.99. The van der Waals surface area contributed by atoms with E-state index in [0.29, 0.717) is 0 Å². The van der Waals surface area contributed by atoms with Crippen LogP contribution >= 0.6 is 0 Å². The minimum Gasteiger partial charge on any atom is -0.452 e. The minimum absolute atomic E-state index is 0.397. The maximum atomic E-state index is 12.1. The van der Waals surface area contributed by atoms with Crippen LogP contribution in [0, 0.1) is 0 Å². The van der Waals surface area contributed by atoms with Crippen molar-refractivity contribution in [2.45, 2.75) is 0 Å². The molecule has 0 N–H and O–H groups in total. The van der Waals surface area contributed by atoms with E-state index in [0.717, 1.165) is 39.1 Å². The van der Waals surface area contributed by atoms with Gasteiger partial charge in [-0.3, -0.25) is 4.57 Å². The van der Waals surface area contributed by atoms with Crippen molar-refractivity contribution in [1.29, 1.82) is 0 Å². The Kier molecular flexibility index (Phi) is 7.23. The number of carbonyl (C=O) groups excluding carboxylic acids is 1. The number of ether oxygens (including phenoxy) is 1. The molecule has 0 bridgehead atoms. The zero-order chi connectivity index (χ0) is 29.9. The van der Waals surface area contributed by atoms with E-state index in [-0.39, 0.29) is 0 Å². The van der Waals surface area contributed by atoms with E-state index in [4.69, 9.17) is 4.74 Å². The van der Waals surface area contributed by atoms with Crippen LogP contribution in [0.25, 0.3) is 44.3 Å². The summed E-state index contributed by atoms with van der Waals surface area (Å²) in [5, 5.41) is 0.982. The van der Waals surface area contributed by atoms with Crippen LogP contribution in [0.5, 0.6) is 0 Å². The number of carbonyl (C=O) groups is 1. The topological polar surface area (TPSA) is 34.5 Å². The fraction of sp³-hybridized carbons (Fsp3) is 0.0250.